The second-order valence-corrected chi connectivity index (χ2v) is 5.89. The highest BCUT2D eigenvalue weighted by molar-refractivity contribution is 7.22. The lowest BCUT2D eigenvalue weighted by atomic mass is 10.1. The van der Waals surface area contributed by atoms with Crippen molar-refractivity contribution in [3.63, 3.8) is 0 Å². The van der Waals surface area contributed by atoms with Crippen molar-refractivity contribution in [1.29, 1.82) is 0 Å². The van der Waals surface area contributed by atoms with Crippen LogP contribution in [0.2, 0.25) is 0 Å². The first-order valence-corrected chi connectivity index (χ1v) is 7.14. The zero-order valence-electron chi connectivity index (χ0n) is 11.9. The quantitative estimate of drug-likeness (QED) is 0.912. The Morgan fingerprint density at radius 2 is 2.00 bits per heavy atom. The molecule has 1 atom stereocenters. The number of carbonyl (C=O) groups excluding carboxylic acids is 2. The van der Waals surface area contributed by atoms with Crippen molar-refractivity contribution in [2.45, 2.75) is 33.7 Å². The number of fused-ring (bicyclic) bond motifs is 1. The smallest absolute Gasteiger partial charge is 0.248 e. The Balaban J connectivity index is 2.20. The van der Waals surface area contributed by atoms with E-state index >= 15 is 0 Å². The molecule has 0 radical (unpaired) electrons. The molecule has 0 spiro atoms. The van der Waals surface area contributed by atoms with Gasteiger partial charge in [-0.15, -0.1) is 0 Å². The van der Waals surface area contributed by atoms with Gasteiger partial charge in [-0.25, -0.2) is 4.98 Å². The largest absolute Gasteiger partial charge is 0.345 e. The fourth-order valence-corrected chi connectivity index (χ4v) is 3.05. The summed E-state index contributed by atoms with van der Waals surface area (Å²) in [5.74, 6) is -0.503. The van der Waals surface area contributed by atoms with Gasteiger partial charge in [0.2, 0.25) is 11.8 Å². The third kappa shape index (κ3) is 3.14. The summed E-state index contributed by atoms with van der Waals surface area (Å²) >= 11 is 1.43. The van der Waals surface area contributed by atoms with Crippen LogP contribution < -0.4 is 10.6 Å². The van der Waals surface area contributed by atoms with Gasteiger partial charge in [-0.05, 0) is 38.0 Å². The van der Waals surface area contributed by atoms with Crippen molar-refractivity contribution in [3.05, 3.63) is 23.3 Å². The maximum atomic E-state index is 11.9. The first-order chi connectivity index (χ1) is 9.36. The number of aryl methyl sites for hydroxylation is 2. The van der Waals surface area contributed by atoms with Gasteiger partial charge in [-0.1, -0.05) is 17.4 Å². The minimum atomic E-state index is -0.581. The molecule has 2 amide bonds. The van der Waals surface area contributed by atoms with Crippen molar-refractivity contribution in [3.8, 4) is 0 Å². The van der Waals surface area contributed by atoms with Crippen molar-refractivity contribution >= 4 is 38.5 Å². The van der Waals surface area contributed by atoms with E-state index in [9.17, 15) is 9.59 Å². The Bertz CT molecular complexity index is 678. The zero-order chi connectivity index (χ0) is 14.9. The number of rotatable bonds is 3. The lowest BCUT2D eigenvalue weighted by Crippen LogP contribution is -2.40. The number of carbonyl (C=O) groups is 2. The average molecular weight is 291 g/mol. The lowest BCUT2D eigenvalue weighted by Gasteiger charge is -2.10. The third-order valence-corrected chi connectivity index (χ3v) is 3.79. The predicted octanol–water partition coefficient (Wildman–Crippen LogP) is 2.38. The molecule has 2 rings (SSSR count). The molecule has 0 aliphatic heterocycles. The number of benzene rings is 1. The minimum Gasteiger partial charge on any atom is -0.345 e. The van der Waals surface area contributed by atoms with Crippen LogP contribution in [0, 0.1) is 13.8 Å². The van der Waals surface area contributed by atoms with Crippen LogP contribution in [-0.4, -0.2) is 22.8 Å². The molecule has 106 valence electrons. The highest BCUT2D eigenvalue weighted by atomic mass is 32.1. The van der Waals surface area contributed by atoms with Gasteiger partial charge >= 0.3 is 0 Å². The average Bonchev–Trinajstić information content (AvgIpc) is 2.70. The minimum absolute atomic E-state index is 0.233. The molecule has 0 aliphatic rings. The van der Waals surface area contributed by atoms with Gasteiger partial charge in [0, 0.05) is 6.92 Å². The van der Waals surface area contributed by atoms with Crippen LogP contribution in [0.25, 0.3) is 10.2 Å². The van der Waals surface area contributed by atoms with Crippen molar-refractivity contribution in [1.82, 2.24) is 10.3 Å². The topological polar surface area (TPSA) is 71.1 Å². The first kappa shape index (κ1) is 14.5. The van der Waals surface area contributed by atoms with Crippen LogP contribution in [0.5, 0.6) is 0 Å². The van der Waals surface area contributed by atoms with Gasteiger partial charge in [0.1, 0.15) is 6.04 Å². The molecule has 0 saturated carbocycles. The molecule has 0 aliphatic carbocycles. The summed E-state index contributed by atoms with van der Waals surface area (Å²) < 4.78 is 1.05. The molecule has 1 aromatic carbocycles. The number of aromatic nitrogens is 1. The summed E-state index contributed by atoms with van der Waals surface area (Å²) in [4.78, 5) is 27.3. The highest BCUT2D eigenvalue weighted by Gasteiger charge is 2.16. The molecule has 2 N–H and O–H groups in total. The van der Waals surface area contributed by atoms with Crippen LogP contribution in [0.4, 0.5) is 5.13 Å². The van der Waals surface area contributed by atoms with Crippen molar-refractivity contribution in [2.24, 2.45) is 0 Å². The maximum Gasteiger partial charge on any atom is 0.248 e. The van der Waals surface area contributed by atoms with Gasteiger partial charge in [-0.3, -0.25) is 9.59 Å². The molecule has 2 aromatic rings. The van der Waals surface area contributed by atoms with Crippen LogP contribution >= 0.6 is 11.3 Å². The number of anilines is 1. The molecule has 1 aromatic heterocycles. The second kappa shape index (κ2) is 5.58. The number of amides is 2. The molecule has 0 saturated heterocycles. The molecule has 5 nitrogen and oxygen atoms in total. The van der Waals surface area contributed by atoms with Gasteiger partial charge in [-0.2, -0.15) is 0 Å². The monoisotopic (exact) mass is 291 g/mol. The van der Waals surface area contributed by atoms with E-state index in [1.807, 2.05) is 19.9 Å². The molecule has 1 unspecified atom stereocenters. The predicted molar refractivity (Wildman–Crippen MR) is 81.0 cm³/mol. The van der Waals surface area contributed by atoms with E-state index in [4.69, 9.17) is 0 Å². The van der Waals surface area contributed by atoms with E-state index in [0.717, 1.165) is 15.8 Å². The lowest BCUT2D eigenvalue weighted by molar-refractivity contribution is -0.124. The Labute approximate surface area is 121 Å². The molecule has 0 bridgehead atoms. The van der Waals surface area contributed by atoms with Gasteiger partial charge in [0.25, 0.3) is 0 Å². The van der Waals surface area contributed by atoms with Crippen molar-refractivity contribution < 1.29 is 9.59 Å². The number of nitrogens with one attached hydrogen (secondary N) is 2. The summed E-state index contributed by atoms with van der Waals surface area (Å²) in [6.45, 7) is 7.05. The molecule has 20 heavy (non-hydrogen) atoms. The molecule has 1 heterocycles. The Morgan fingerprint density at radius 1 is 1.30 bits per heavy atom. The van der Waals surface area contributed by atoms with Gasteiger partial charge in [0.15, 0.2) is 5.13 Å². The Morgan fingerprint density at radius 3 is 2.65 bits per heavy atom. The van der Waals surface area contributed by atoms with Crippen LogP contribution in [0.15, 0.2) is 12.1 Å². The van der Waals surface area contributed by atoms with E-state index in [-0.39, 0.29) is 11.8 Å². The number of hydrogen-bond donors (Lipinski definition) is 2. The highest BCUT2D eigenvalue weighted by Crippen LogP contribution is 2.29. The second-order valence-electron chi connectivity index (χ2n) is 4.86. The number of thiazole rings is 1. The summed E-state index contributed by atoms with van der Waals surface area (Å²) in [5.41, 5.74) is 3.16. The van der Waals surface area contributed by atoms with Gasteiger partial charge in [0.05, 0.1) is 10.2 Å². The summed E-state index contributed by atoms with van der Waals surface area (Å²) in [6, 6.07) is 3.53. The normalized spacial score (nSPS) is 12.2. The van der Waals surface area contributed by atoms with E-state index in [1.54, 1.807) is 6.92 Å². The van der Waals surface area contributed by atoms with Crippen LogP contribution in [0.1, 0.15) is 25.0 Å². The standard InChI is InChI=1S/C14H17N3O2S/c1-7-5-8(2)12-11(6-7)20-14(16-12)17-13(19)9(3)15-10(4)18/h5-6,9H,1-4H3,(H,15,18)(H,16,17,19). The SMILES string of the molecule is CC(=O)NC(C)C(=O)Nc1nc2c(C)cc(C)cc2s1. The van der Waals surface area contributed by atoms with Crippen LogP contribution in [0.3, 0.4) is 0 Å². The van der Waals surface area contributed by atoms with E-state index in [1.165, 1.54) is 23.8 Å². The molecular formula is C14H17N3O2S. The zero-order valence-corrected chi connectivity index (χ0v) is 12.7. The van der Waals surface area contributed by atoms with E-state index in [0.29, 0.717) is 5.13 Å². The fourth-order valence-electron chi connectivity index (χ4n) is 2.01. The molecule has 0 fully saturated rings. The van der Waals surface area contributed by atoms with E-state index in [2.05, 4.69) is 21.7 Å². The van der Waals surface area contributed by atoms with Crippen LogP contribution in [-0.2, 0) is 9.59 Å². The van der Waals surface area contributed by atoms with E-state index < -0.39 is 6.04 Å². The number of nitrogens with zero attached hydrogens (tertiary/aromatic N) is 1. The van der Waals surface area contributed by atoms with Crippen molar-refractivity contribution in [2.75, 3.05) is 5.32 Å². The summed E-state index contributed by atoms with van der Waals surface area (Å²) in [5, 5.41) is 5.83. The summed E-state index contributed by atoms with van der Waals surface area (Å²) in [6.07, 6.45) is 0. The maximum absolute atomic E-state index is 11.9. The number of hydrogen-bond acceptors (Lipinski definition) is 4. The Hall–Kier alpha value is -1.95. The van der Waals surface area contributed by atoms with Gasteiger partial charge < -0.3 is 10.6 Å². The fraction of sp³-hybridized carbons (Fsp3) is 0.357. The third-order valence-electron chi connectivity index (χ3n) is 2.87. The molecular weight excluding hydrogens is 274 g/mol. The molecule has 6 heteroatoms. The first-order valence-electron chi connectivity index (χ1n) is 6.32. The summed E-state index contributed by atoms with van der Waals surface area (Å²) in [7, 11) is 0. The Kier molecular flexibility index (Phi) is 4.04.